The van der Waals surface area contributed by atoms with Crippen LogP contribution in [0, 0.1) is 0 Å². The molecule has 8 nitrogen and oxygen atoms in total. The van der Waals surface area contributed by atoms with Crippen LogP contribution in [0.4, 0.5) is 13.2 Å². The van der Waals surface area contributed by atoms with E-state index in [4.69, 9.17) is 19.7 Å². The fourth-order valence-electron chi connectivity index (χ4n) is 2.54. The van der Waals surface area contributed by atoms with Gasteiger partial charge in [-0.15, -0.1) is 0 Å². The van der Waals surface area contributed by atoms with Crippen LogP contribution in [0.1, 0.15) is 32.8 Å². The molecule has 0 aliphatic heterocycles. The van der Waals surface area contributed by atoms with E-state index >= 15 is 0 Å². The molecule has 192 valence electrons. The van der Waals surface area contributed by atoms with Gasteiger partial charge in [0, 0.05) is 6.42 Å². The summed E-state index contributed by atoms with van der Waals surface area (Å²) in [6.07, 6.45) is -6.97. The van der Waals surface area contributed by atoms with Crippen LogP contribution < -0.4 is 5.32 Å². The van der Waals surface area contributed by atoms with E-state index in [1.54, 1.807) is 60.7 Å². The smallest absolute Gasteiger partial charge is 0.461 e. The van der Waals surface area contributed by atoms with Crippen molar-refractivity contribution in [3.63, 3.8) is 0 Å². The quantitative estimate of drug-likeness (QED) is 0.296. The molecular weight excluding hydrogens is 490 g/mol. The second kappa shape index (κ2) is 13.4. The van der Waals surface area contributed by atoms with Crippen LogP contribution in [0.5, 0.6) is 0 Å². The van der Waals surface area contributed by atoms with Crippen LogP contribution in [-0.4, -0.2) is 36.8 Å². The minimum absolute atomic E-state index is 0.181. The number of carbonyl (C=O) groups is 2. The molecular formula is C23H27F3NO7P. The summed E-state index contributed by atoms with van der Waals surface area (Å²) in [6, 6.07) is 14.4. The largest absolute Gasteiger partial charge is 0.475 e. The van der Waals surface area contributed by atoms with Crippen molar-refractivity contribution in [3.8, 4) is 0 Å². The Morgan fingerprint density at radius 3 is 1.86 bits per heavy atom. The molecule has 2 aromatic rings. The number of hydrogen-bond donors (Lipinski definition) is 1. The van der Waals surface area contributed by atoms with Crippen LogP contribution in [0.15, 0.2) is 60.7 Å². The fraction of sp³-hybridized carbons (Fsp3) is 0.391. The maximum absolute atomic E-state index is 13.3. The molecule has 0 fully saturated rings. The molecule has 0 aliphatic rings. The van der Waals surface area contributed by atoms with Crippen molar-refractivity contribution in [2.24, 2.45) is 0 Å². The third-order valence-corrected chi connectivity index (χ3v) is 5.57. The maximum Gasteiger partial charge on any atom is 0.475 e. The lowest BCUT2D eigenvalue weighted by atomic mass is 10.2. The third-order valence-electron chi connectivity index (χ3n) is 4.18. The lowest BCUT2D eigenvalue weighted by Crippen LogP contribution is -2.48. The van der Waals surface area contributed by atoms with E-state index < -0.39 is 51.0 Å². The molecule has 0 bridgehead atoms. The zero-order valence-electron chi connectivity index (χ0n) is 20.1. The van der Waals surface area contributed by atoms with E-state index in [9.17, 15) is 27.3 Å². The van der Waals surface area contributed by atoms with Gasteiger partial charge in [-0.1, -0.05) is 60.7 Å². The number of hydrogen-bond acceptors (Lipinski definition) is 7. The summed E-state index contributed by atoms with van der Waals surface area (Å²) in [4.78, 5) is 23.8. The average molecular weight is 518 g/mol. The molecule has 0 aliphatic carbocycles. The van der Waals surface area contributed by atoms with Gasteiger partial charge in [-0.3, -0.25) is 18.4 Å². The maximum atomic E-state index is 13.3. The van der Waals surface area contributed by atoms with Gasteiger partial charge in [0.25, 0.3) is 0 Å². The second-order valence-corrected chi connectivity index (χ2v) is 9.10. The van der Waals surface area contributed by atoms with Crippen LogP contribution in [0.25, 0.3) is 0 Å². The molecule has 0 aromatic heterocycles. The number of carbonyl (C=O) groups excluding carboxylic acids is 2. The van der Waals surface area contributed by atoms with E-state index in [2.05, 4.69) is 0 Å². The topological polar surface area (TPSA) is 100 Å². The number of rotatable bonds is 13. The molecule has 1 N–H and O–H groups in total. The molecule has 1 amide bonds. The van der Waals surface area contributed by atoms with Crippen molar-refractivity contribution in [1.29, 1.82) is 0 Å². The number of alkyl halides is 3. The van der Waals surface area contributed by atoms with Gasteiger partial charge in [-0.05, 0) is 25.0 Å². The average Bonchev–Trinajstić information content (AvgIpc) is 2.82. The number of esters is 1. The Morgan fingerprint density at radius 1 is 0.943 bits per heavy atom. The van der Waals surface area contributed by atoms with E-state index in [1.807, 2.05) is 0 Å². The zero-order valence-corrected chi connectivity index (χ0v) is 20.0. The Labute approximate surface area is 202 Å². The number of nitrogens with one attached hydrogen (secondary N) is 1. The number of phosphoric acid groups is 1. The fourth-order valence-corrected chi connectivity index (χ4v) is 3.69. The molecule has 0 heterocycles. The van der Waals surface area contributed by atoms with Crippen LogP contribution in [0.2, 0.25) is 0 Å². The van der Waals surface area contributed by atoms with Gasteiger partial charge in [-0.2, -0.15) is 13.2 Å². The Hall–Kier alpha value is -2.72. The summed E-state index contributed by atoms with van der Waals surface area (Å²) < 4.78 is 80.6. The number of halogens is 3. The van der Waals surface area contributed by atoms with Gasteiger partial charge in [-0.25, -0.2) is 9.36 Å². The van der Waals surface area contributed by atoms with E-state index in [-0.39, 0.29) is 13.2 Å². The zero-order chi connectivity index (χ0) is 26.8. The first kappa shape index (κ1) is 26.9. The second-order valence-electron chi connectivity index (χ2n) is 7.43. The molecule has 0 radical (unpaired) electrons. The predicted molar refractivity (Wildman–Crippen MR) is 120 cm³/mol. The highest BCUT2D eigenvalue weighted by Gasteiger charge is 2.41. The minimum atomic E-state index is -5.35. The molecule has 35 heavy (non-hydrogen) atoms. The number of phosphoric ester groups is 1. The summed E-state index contributed by atoms with van der Waals surface area (Å²) >= 11 is 0. The van der Waals surface area contributed by atoms with Crippen LogP contribution >= 0.6 is 7.82 Å². The van der Waals surface area contributed by atoms with Gasteiger partial charge >= 0.3 is 25.9 Å². The van der Waals surface area contributed by atoms with Crippen LogP contribution in [-0.2, 0) is 45.7 Å². The Morgan fingerprint density at radius 2 is 1.43 bits per heavy atom. The highest BCUT2D eigenvalue weighted by Crippen LogP contribution is 2.51. The van der Waals surface area contributed by atoms with Gasteiger partial charge in [0.05, 0.1) is 27.3 Å². The van der Waals surface area contributed by atoms with Crippen molar-refractivity contribution in [3.05, 3.63) is 71.8 Å². The molecule has 12 heteroatoms. The molecule has 2 aromatic carbocycles. The van der Waals surface area contributed by atoms with Crippen molar-refractivity contribution >= 4 is 19.7 Å². The first-order valence-electron chi connectivity index (χ1n) is 11.0. The SMILES string of the molecule is [2H]C(CCOP(=O)(OCc1ccccc1)OCc1ccccc1)(NC(=O)C(F)(F)F)C(=O)OC(C)C. The Bertz CT molecular complexity index is 994. The van der Waals surface area contributed by atoms with Gasteiger partial charge in [0.1, 0.15) is 6.02 Å². The van der Waals surface area contributed by atoms with Crippen molar-refractivity contribution in [1.82, 2.24) is 5.32 Å². The van der Waals surface area contributed by atoms with Crippen molar-refractivity contribution in [2.45, 2.75) is 51.8 Å². The molecule has 2 rings (SSSR count). The Kier molecular flexibility index (Phi) is 10.3. The first-order valence-corrected chi connectivity index (χ1v) is 12.0. The summed E-state index contributed by atoms with van der Waals surface area (Å²) in [7, 11) is -4.33. The Balaban J connectivity index is 2.14. The van der Waals surface area contributed by atoms with E-state index in [0.29, 0.717) is 11.1 Å². The number of ether oxygens (including phenoxy) is 1. The molecule has 1 unspecified atom stereocenters. The monoisotopic (exact) mass is 518 g/mol. The van der Waals surface area contributed by atoms with Gasteiger partial charge < -0.3 is 10.1 Å². The highest BCUT2D eigenvalue weighted by molar-refractivity contribution is 7.48. The van der Waals surface area contributed by atoms with Crippen LogP contribution in [0.3, 0.4) is 0 Å². The number of benzene rings is 2. The summed E-state index contributed by atoms with van der Waals surface area (Å²) in [6.45, 7) is 1.74. The lowest BCUT2D eigenvalue weighted by molar-refractivity contribution is -0.176. The van der Waals surface area contributed by atoms with Crippen molar-refractivity contribution < 1.29 is 47.0 Å². The first-order chi connectivity index (χ1) is 16.8. The van der Waals surface area contributed by atoms with E-state index in [1.165, 1.54) is 19.2 Å². The summed E-state index contributed by atoms with van der Waals surface area (Å²) in [5.74, 6) is -3.95. The van der Waals surface area contributed by atoms with Gasteiger partial charge in [0.2, 0.25) is 0 Å². The standard InChI is InChI=1S/C23H27F3NO7P/c1-17(2)34-21(28)20(27-22(29)23(24,25)26)13-14-31-35(30,32-15-18-9-5-3-6-10-18)33-16-19-11-7-4-8-12-19/h3-12,17,20H,13-16H2,1-2H3,(H,27,29)/i20D. The predicted octanol–water partition coefficient (Wildman–Crippen LogP) is 4.93. The molecule has 0 saturated carbocycles. The third kappa shape index (κ3) is 10.6. The van der Waals surface area contributed by atoms with Crippen molar-refractivity contribution in [2.75, 3.05) is 6.61 Å². The summed E-state index contributed by atoms with van der Waals surface area (Å²) in [5, 5.41) is 1.32. The summed E-state index contributed by atoms with van der Waals surface area (Å²) in [5.41, 5.74) is 1.27. The van der Waals surface area contributed by atoms with Gasteiger partial charge in [0.15, 0.2) is 0 Å². The normalized spacial score (nSPS) is 14.2. The van der Waals surface area contributed by atoms with E-state index in [0.717, 1.165) is 0 Å². The minimum Gasteiger partial charge on any atom is -0.461 e. The lowest BCUT2D eigenvalue weighted by Gasteiger charge is -2.22. The molecule has 1 atom stereocenters. The molecule has 0 spiro atoms. The number of amides is 1. The highest BCUT2D eigenvalue weighted by atomic mass is 31.2. The molecule has 0 saturated heterocycles.